The number of benzene rings is 1. The highest BCUT2D eigenvalue weighted by Gasteiger charge is 2.35. The first-order valence-electron chi connectivity index (χ1n) is 8.02. The van der Waals surface area contributed by atoms with Gasteiger partial charge in [0, 0.05) is 6.54 Å². The van der Waals surface area contributed by atoms with E-state index in [1.807, 2.05) is 43.9 Å². The average Bonchev–Trinajstić information content (AvgIpc) is 2.87. The second-order valence-electron chi connectivity index (χ2n) is 7.11. The van der Waals surface area contributed by atoms with Crippen molar-refractivity contribution >= 4 is 11.7 Å². The van der Waals surface area contributed by atoms with E-state index in [4.69, 9.17) is 4.74 Å². The molecule has 0 bridgehead atoms. The maximum atomic E-state index is 12.5. The van der Waals surface area contributed by atoms with Crippen LogP contribution in [0.15, 0.2) is 35.9 Å². The molecular weight excluding hydrogens is 274 g/mol. The number of hydrogen-bond acceptors (Lipinski definition) is 2. The number of carbonyl (C=O) groups excluding carboxylic acids is 1. The fourth-order valence-electron chi connectivity index (χ4n) is 3.04. The van der Waals surface area contributed by atoms with Gasteiger partial charge in [0.2, 0.25) is 0 Å². The lowest BCUT2D eigenvalue weighted by molar-refractivity contribution is 0.0261. The molecule has 3 heteroatoms. The van der Waals surface area contributed by atoms with Gasteiger partial charge in [-0.15, -0.1) is 0 Å². The summed E-state index contributed by atoms with van der Waals surface area (Å²) in [5, 5.41) is 0. The van der Waals surface area contributed by atoms with Crippen LogP contribution in [0.25, 0.3) is 5.57 Å². The Morgan fingerprint density at radius 1 is 1.18 bits per heavy atom. The van der Waals surface area contributed by atoms with Crippen molar-refractivity contribution in [3.63, 3.8) is 0 Å². The van der Waals surface area contributed by atoms with Gasteiger partial charge in [-0.3, -0.25) is 0 Å². The summed E-state index contributed by atoms with van der Waals surface area (Å²) in [6.07, 6.45) is 1.81. The fraction of sp³-hybridized carbons (Fsp3) is 0.526. The fourth-order valence-corrected chi connectivity index (χ4v) is 3.04. The number of allylic oxidation sites excluding steroid dienone is 1. The zero-order valence-corrected chi connectivity index (χ0v) is 14.3. The minimum absolute atomic E-state index is 0.113. The standard InChI is InChI=1S/C19H27NO2/c1-14(2)17(15-10-7-6-8-11-15)16-12-9-13-20(16)18(21)22-19(3,4)5/h6-8,10-11,16H,9,12-13H2,1-5H3. The summed E-state index contributed by atoms with van der Waals surface area (Å²) in [5.74, 6) is 0. The van der Waals surface area contributed by atoms with Gasteiger partial charge in [-0.25, -0.2) is 4.79 Å². The van der Waals surface area contributed by atoms with Crippen molar-refractivity contribution in [3.8, 4) is 0 Å². The number of ether oxygens (including phenoxy) is 1. The second-order valence-corrected chi connectivity index (χ2v) is 7.11. The third-order valence-electron chi connectivity index (χ3n) is 3.84. The number of carbonyl (C=O) groups is 1. The van der Waals surface area contributed by atoms with Crippen LogP contribution < -0.4 is 0 Å². The molecule has 1 heterocycles. The van der Waals surface area contributed by atoms with Crippen molar-refractivity contribution in [1.82, 2.24) is 4.90 Å². The lowest BCUT2D eigenvalue weighted by Gasteiger charge is -2.30. The van der Waals surface area contributed by atoms with Gasteiger partial charge in [0.15, 0.2) is 0 Å². The maximum Gasteiger partial charge on any atom is 0.410 e. The first-order chi connectivity index (χ1) is 10.3. The van der Waals surface area contributed by atoms with Gasteiger partial charge in [0.05, 0.1) is 6.04 Å². The van der Waals surface area contributed by atoms with Crippen molar-refractivity contribution in [1.29, 1.82) is 0 Å². The molecule has 2 rings (SSSR count). The number of hydrogen-bond donors (Lipinski definition) is 0. The van der Waals surface area contributed by atoms with Crippen molar-refractivity contribution in [2.45, 2.75) is 59.1 Å². The Balaban J connectivity index is 2.29. The molecule has 1 atom stereocenters. The molecule has 0 radical (unpaired) electrons. The third kappa shape index (κ3) is 3.90. The van der Waals surface area contributed by atoms with Crippen LogP contribution in [-0.4, -0.2) is 29.2 Å². The minimum atomic E-state index is -0.456. The topological polar surface area (TPSA) is 29.5 Å². The Labute approximate surface area is 134 Å². The van der Waals surface area contributed by atoms with E-state index in [0.29, 0.717) is 0 Å². The summed E-state index contributed by atoms with van der Waals surface area (Å²) in [6, 6.07) is 10.5. The summed E-state index contributed by atoms with van der Waals surface area (Å²) in [7, 11) is 0. The normalized spacial score (nSPS) is 18.2. The van der Waals surface area contributed by atoms with Gasteiger partial charge >= 0.3 is 6.09 Å². The Kier molecular flexibility index (Phi) is 4.94. The maximum absolute atomic E-state index is 12.5. The smallest absolute Gasteiger partial charge is 0.410 e. The second kappa shape index (κ2) is 6.55. The molecule has 1 aromatic rings. The van der Waals surface area contributed by atoms with E-state index < -0.39 is 5.60 Å². The molecule has 0 aliphatic carbocycles. The van der Waals surface area contributed by atoms with E-state index in [2.05, 4.69) is 26.0 Å². The summed E-state index contributed by atoms with van der Waals surface area (Å²) in [4.78, 5) is 14.4. The molecule has 1 fully saturated rings. The predicted octanol–water partition coefficient (Wildman–Crippen LogP) is 4.88. The largest absolute Gasteiger partial charge is 0.444 e. The summed E-state index contributed by atoms with van der Waals surface area (Å²) >= 11 is 0. The quantitative estimate of drug-likeness (QED) is 0.779. The Morgan fingerprint density at radius 3 is 2.36 bits per heavy atom. The number of likely N-dealkylation sites (tertiary alicyclic amines) is 1. The summed E-state index contributed by atoms with van der Waals surface area (Å²) in [6.45, 7) is 10.7. The Morgan fingerprint density at radius 2 is 1.82 bits per heavy atom. The molecule has 0 aromatic heterocycles. The minimum Gasteiger partial charge on any atom is -0.444 e. The van der Waals surface area contributed by atoms with Crippen LogP contribution in [-0.2, 0) is 4.74 Å². The Bertz CT molecular complexity index is 551. The molecule has 1 aromatic carbocycles. The van der Waals surface area contributed by atoms with Crippen LogP contribution >= 0.6 is 0 Å². The molecule has 22 heavy (non-hydrogen) atoms. The van der Waals surface area contributed by atoms with Crippen LogP contribution in [0.2, 0.25) is 0 Å². The number of nitrogens with zero attached hydrogens (tertiary/aromatic N) is 1. The highest BCUT2D eigenvalue weighted by Crippen LogP contribution is 2.33. The van der Waals surface area contributed by atoms with Crippen molar-refractivity contribution in [2.24, 2.45) is 0 Å². The van der Waals surface area contributed by atoms with Gasteiger partial charge in [-0.1, -0.05) is 35.9 Å². The van der Waals surface area contributed by atoms with E-state index >= 15 is 0 Å². The first-order valence-corrected chi connectivity index (χ1v) is 8.02. The Hall–Kier alpha value is -1.77. The van der Waals surface area contributed by atoms with Gasteiger partial charge < -0.3 is 9.64 Å². The molecule has 1 aliphatic rings. The molecule has 1 aliphatic heterocycles. The van der Waals surface area contributed by atoms with Crippen LogP contribution in [0.3, 0.4) is 0 Å². The van der Waals surface area contributed by atoms with E-state index in [-0.39, 0.29) is 12.1 Å². The highest BCUT2D eigenvalue weighted by molar-refractivity contribution is 5.78. The number of rotatable bonds is 2. The summed E-state index contributed by atoms with van der Waals surface area (Å²) in [5.41, 5.74) is 3.25. The zero-order valence-electron chi connectivity index (χ0n) is 14.3. The van der Waals surface area contributed by atoms with E-state index in [1.165, 1.54) is 16.7 Å². The monoisotopic (exact) mass is 301 g/mol. The molecule has 120 valence electrons. The van der Waals surface area contributed by atoms with Crippen molar-refractivity contribution in [3.05, 3.63) is 41.5 Å². The molecule has 0 saturated carbocycles. The van der Waals surface area contributed by atoms with Crippen molar-refractivity contribution < 1.29 is 9.53 Å². The third-order valence-corrected chi connectivity index (χ3v) is 3.84. The average molecular weight is 301 g/mol. The van der Waals surface area contributed by atoms with Crippen molar-refractivity contribution in [2.75, 3.05) is 6.54 Å². The molecule has 0 N–H and O–H groups in total. The lowest BCUT2D eigenvalue weighted by atomic mass is 9.93. The van der Waals surface area contributed by atoms with Gasteiger partial charge in [0.25, 0.3) is 0 Å². The SMILES string of the molecule is CC(C)=C(c1ccccc1)C1CCCN1C(=O)OC(C)(C)C. The van der Waals surface area contributed by atoms with Crippen LogP contribution in [0.4, 0.5) is 4.79 Å². The van der Waals surface area contributed by atoms with Crippen LogP contribution in [0.1, 0.15) is 53.0 Å². The van der Waals surface area contributed by atoms with E-state index in [1.54, 1.807) is 0 Å². The molecule has 1 unspecified atom stereocenters. The first kappa shape index (κ1) is 16.6. The van der Waals surface area contributed by atoms with Crippen LogP contribution in [0, 0.1) is 0 Å². The van der Waals surface area contributed by atoms with Gasteiger partial charge in [-0.2, -0.15) is 0 Å². The van der Waals surface area contributed by atoms with E-state index in [0.717, 1.165) is 19.4 Å². The molecule has 3 nitrogen and oxygen atoms in total. The van der Waals surface area contributed by atoms with Crippen LogP contribution in [0.5, 0.6) is 0 Å². The molecular formula is C19H27NO2. The predicted molar refractivity (Wildman–Crippen MR) is 90.7 cm³/mol. The molecule has 1 amide bonds. The van der Waals surface area contributed by atoms with E-state index in [9.17, 15) is 4.79 Å². The zero-order chi connectivity index (χ0) is 16.3. The van der Waals surface area contributed by atoms with Gasteiger partial charge in [-0.05, 0) is 58.6 Å². The summed E-state index contributed by atoms with van der Waals surface area (Å²) < 4.78 is 5.58. The van der Waals surface area contributed by atoms with Gasteiger partial charge in [0.1, 0.15) is 5.60 Å². The molecule has 1 saturated heterocycles. The highest BCUT2D eigenvalue weighted by atomic mass is 16.6. The lowest BCUT2D eigenvalue weighted by Crippen LogP contribution is -2.40. The molecule has 0 spiro atoms. The number of amides is 1.